The topological polar surface area (TPSA) is 32.8 Å². The van der Waals surface area contributed by atoms with Crippen molar-refractivity contribution in [3.63, 3.8) is 0 Å². The normalized spacial score (nSPS) is 15.3. The molecule has 1 amide bonds. The third-order valence-corrected chi connectivity index (χ3v) is 4.47. The lowest BCUT2D eigenvalue weighted by Gasteiger charge is -2.34. The first-order valence-electron chi connectivity index (χ1n) is 8.14. The van der Waals surface area contributed by atoms with Gasteiger partial charge in [-0.05, 0) is 17.7 Å². The molecule has 3 rings (SSSR count). The number of piperazine rings is 1. The zero-order valence-electron chi connectivity index (χ0n) is 13.5. The molecule has 2 aromatic rings. The van der Waals surface area contributed by atoms with E-state index >= 15 is 0 Å². The summed E-state index contributed by atoms with van der Waals surface area (Å²) in [5, 5.41) is 0.526. The summed E-state index contributed by atoms with van der Waals surface area (Å²) < 4.78 is 5.54. The molecule has 126 valence electrons. The van der Waals surface area contributed by atoms with Gasteiger partial charge in [-0.3, -0.25) is 9.69 Å². The first-order chi connectivity index (χ1) is 11.7. The molecule has 0 aliphatic carbocycles. The lowest BCUT2D eigenvalue weighted by atomic mass is 10.2. The van der Waals surface area contributed by atoms with E-state index in [1.165, 1.54) is 5.56 Å². The van der Waals surface area contributed by atoms with E-state index in [9.17, 15) is 4.79 Å². The van der Waals surface area contributed by atoms with E-state index in [1.54, 1.807) is 12.1 Å². The molecule has 0 spiro atoms. The van der Waals surface area contributed by atoms with Gasteiger partial charge < -0.3 is 9.64 Å². The molecule has 1 fully saturated rings. The number of ether oxygens (including phenoxy) is 1. The van der Waals surface area contributed by atoms with Crippen molar-refractivity contribution in [2.45, 2.75) is 6.54 Å². The highest BCUT2D eigenvalue weighted by atomic mass is 35.5. The van der Waals surface area contributed by atoms with E-state index in [2.05, 4.69) is 29.2 Å². The van der Waals surface area contributed by atoms with E-state index in [0.29, 0.717) is 10.8 Å². The van der Waals surface area contributed by atoms with E-state index in [4.69, 9.17) is 16.3 Å². The molecular weight excluding hydrogens is 324 g/mol. The summed E-state index contributed by atoms with van der Waals surface area (Å²) in [4.78, 5) is 16.5. The van der Waals surface area contributed by atoms with Crippen molar-refractivity contribution in [1.29, 1.82) is 0 Å². The van der Waals surface area contributed by atoms with Crippen molar-refractivity contribution in [1.82, 2.24) is 9.80 Å². The highest BCUT2D eigenvalue weighted by Gasteiger charge is 2.21. The molecular formula is C19H21ClN2O2. The molecule has 0 N–H and O–H groups in total. The number of hydrogen-bond donors (Lipinski definition) is 0. The number of amides is 1. The molecule has 0 aromatic heterocycles. The fraction of sp³-hybridized carbons (Fsp3) is 0.316. The maximum atomic E-state index is 12.3. The number of nitrogens with zero attached hydrogens (tertiary/aromatic N) is 2. The van der Waals surface area contributed by atoms with Crippen molar-refractivity contribution < 1.29 is 9.53 Å². The van der Waals surface area contributed by atoms with Crippen LogP contribution in [0.5, 0.6) is 5.75 Å². The minimum Gasteiger partial charge on any atom is -0.482 e. The number of carbonyl (C=O) groups excluding carboxylic acids is 1. The van der Waals surface area contributed by atoms with Crippen LogP contribution in [0, 0.1) is 0 Å². The Kier molecular flexibility index (Phi) is 5.72. The lowest BCUT2D eigenvalue weighted by Crippen LogP contribution is -2.49. The fourth-order valence-corrected chi connectivity index (χ4v) is 2.98. The van der Waals surface area contributed by atoms with Gasteiger partial charge in [-0.15, -0.1) is 0 Å². The Bertz CT molecular complexity index is 670. The number of para-hydroxylation sites is 1. The zero-order valence-corrected chi connectivity index (χ0v) is 14.3. The van der Waals surface area contributed by atoms with Crippen molar-refractivity contribution in [2.75, 3.05) is 32.8 Å². The average Bonchev–Trinajstić information content (AvgIpc) is 2.62. The van der Waals surface area contributed by atoms with E-state index in [-0.39, 0.29) is 12.5 Å². The van der Waals surface area contributed by atoms with Crippen molar-refractivity contribution in [3.8, 4) is 5.75 Å². The van der Waals surface area contributed by atoms with Crippen molar-refractivity contribution in [3.05, 3.63) is 65.2 Å². The van der Waals surface area contributed by atoms with Gasteiger partial charge in [0.25, 0.3) is 5.91 Å². The minimum atomic E-state index is 0.00859. The van der Waals surface area contributed by atoms with Gasteiger partial charge in [-0.1, -0.05) is 54.1 Å². The summed E-state index contributed by atoms with van der Waals surface area (Å²) in [6.07, 6.45) is 0. The molecule has 0 bridgehead atoms. The Morgan fingerprint density at radius 3 is 2.33 bits per heavy atom. The summed E-state index contributed by atoms with van der Waals surface area (Å²) in [5.41, 5.74) is 1.30. The second-order valence-electron chi connectivity index (χ2n) is 5.86. The molecule has 0 atom stereocenters. The summed E-state index contributed by atoms with van der Waals surface area (Å²) in [7, 11) is 0. The number of benzene rings is 2. The lowest BCUT2D eigenvalue weighted by molar-refractivity contribution is -0.135. The van der Waals surface area contributed by atoms with Gasteiger partial charge >= 0.3 is 0 Å². The molecule has 0 saturated carbocycles. The van der Waals surface area contributed by atoms with Gasteiger partial charge in [-0.2, -0.15) is 0 Å². The first-order valence-corrected chi connectivity index (χ1v) is 8.51. The van der Waals surface area contributed by atoms with E-state index in [0.717, 1.165) is 32.7 Å². The monoisotopic (exact) mass is 344 g/mol. The molecule has 0 radical (unpaired) electrons. The van der Waals surface area contributed by atoms with Gasteiger partial charge in [0.05, 0.1) is 5.02 Å². The molecule has 5 heteroatoms. The number of carbonyl (C=O) groups is 1. The average molecular weight is 345 g/mol. The van der Waals surface area contributed by atoms with Crippen LogP contribution in [0.3, 0.4) is 0 Å². The highest BCUT2D eigenvalue weighted by molar-refractivity contribution is 6.32. The maximum absolute atomic E-state index is 12.3. The predicted octanol–water partition coefficient (Wildman–Crippen LogP) is 3.06. The minimum absolute atomic E-state index is 0.00859. The SMILES string of the molecule is O=C(COc1ccccc1Cl)N1CCN(Cc2ccccc2)CC1. The first kappa shape index (κ1) is 16.8. The third-order valence-electron chi connectivity index (χ3n) is 4.16. The van der Waals surface area contributed by atoms with Gasteiger partial charge in [0.1, 0.15) is 5.75 Å². The van der Waals surface area contributed by atoms with Crippen LogP contribution in [0.15, 0.2) is 54.6 Å². The Hall–Kier alpha value is -2.04. The smallest absolute Gasteiger partial charge is 0.260 e. The summed E-state index contributed by atoms with van der Waals surface area (Å²) in [6, 6.07) is 17.6. The molecule has 2 aromatic carbocycles. The van der Waals surface area contributed by atoms with Gasteiger partial charge in [-0.25, -0.2) is 0 Å². The standard InChI is InChI=1S/C19H21ClN2O2/c20-17-8-4-5-9-18(17)24-15-19(23)22-12-10-21(11-13-22)14-16-6-2-1-3-7-16/h1-9H,10-15H2. The second kappa shape index (κ2) is 8.18. The summed E-state index contributed by atoms with van der Waals surface area (Å²) in [6.45, 7) is 4.19. The molecule has 1 heterocycles. The molecule has 24 heavy (non-hydrogen) atoms. The number of rotatable bonds is 5. The Morgan fingerprint density at radius 1 is 0.958 bits per heavy atom. The molecule has 1 saturated heterocycles. The largest absolute Gasteiger partial charge is 0.482 e. The third kappa shape index (κ3) is 4.49. The van der Waals surface area contributed by atoms with Gasteiger partial charge in [0.15, 0.2) is 6.61 Å². The van der Waals surface area contributed by atoms with Crippen LogP contribution in [0.1, 0.15) is 5.56 Å². The van der Waals surface area contributed by atoms with Crippen LogP contribution in [0.2, 0.25) is 5.02 Å². The van der Waals surface area contributed by atoms with Crippen molar-refractivity contribution in [2.24, 2.45) is 0 Å². The van der Waals surface area contributed by atoms with Gasteiger partial charge in [0.2, 0.25) is 0 Å². The van der Waals surface area contributed by atoms with E-state index in [1.807, 2.05) is 23.1 Å². The van der Waals surface area contributed by atoms with Gasteiger partial charge in [0, 0.05) is 32.7 Å². The number of halogens is 1. The Morgan fingerprint density at radius 2 is 1.62 bits per heavy atom. The van der Waals surface area contributed by atoms with Crippen LogP contribution in [0.25, 0.3) is 0 Å². The summed E-state index contributed by atoms with van der Waals surface area (Å²) >= 11 is 6.03. The maximum Gasteiger partial charge on any atom is 0.260 e. The fourth-order valence-electron chi connectivity index (χ4n) is 2.79. The summed E-state index contributed by atoms with van der Waals surface area (Å²) in [5.74, 6) is 0.560. The van der Waals surface area contributed by atoms with Crippen LogP contribution in [-0.2, 0) is 11.3 Å². The Balaban J connectivity index is 1.44. The molecule has 1 aliphatic rings. The highest BCUT2D eigenvalue weighted by Crippen LogP contribution is 2.23. The molecule has 4 nitrogen and oxygen atoms in total. The van der Waals surface area contributed by atoms with Crippen LogP contribution >= 0.6 is 11.6 Å². The van der Waals surface area contributed by atoms with Crippen LogP contribution in [0.4, 0.5) is 0 Å². The van der Waals surface area contributed by atoms with Crippen LogP contribution in [-0.4, -0.2) is 48.5 Å². The molecule has 1 aliphatic heterocycles. The number of hydrogen-bond acceptors (Lipinski definition) is 3. The predicted molar refractivity (Wildman–Crippen MR) is 95.2 cm³/mol. The van der Waals surface area contributed by atoms with Crippen molar-refractivity contribution >= 4 is 17.5 Å². The van der Waals surface area contributed by atoms with E-state index < -0.39 is 0 Å². The quantitative estimate of drug-likeness (QED) is 0.835. The second-order valence-corrected chi connectivity index (χ2v) is 6.27. The zero-order chi connectivity index (χ0) is 16.8. The van der Waals surface area contributed by atoms with Crippen LogP contribution < -0.4 is 4.74 Å². The Labute approximate surface area is 147 Å². The molecule has 0 unspecified atom stereocenters.